The van der Waals surface area contributed by atoms with Gasteiger partial charge in [-0.25, -0.2) is 4.98 Å². The van der Waals surface area contributed by atoms with Crippen molar-refractivity contribution < 1.29 is 9.59 Å². The fourth-order valence-corrected chi connectivity index (χ4v) is 5.24. The Morgan fingerprint density at radius 2 is 1.79 bits per heavy atom. The number of amides is 1. The zero-order valence-electron chi connectivity index (χ0n) is 23.7. The monoisotopic (exact) mass is 533 g/mol. The summed E-state index contributed by atoms with van der Waals surface area (Å²) in [5.41, 5.74) is 11.6. The molecular weight excluding hydrogens is 490 g/mol. The highest BCUT2D eigenvalue weighted by molar-refractivity contribution is 5.87. The molecule has 0 radical (unpaired) electrons. The maximum atomic E-state index is 12.4. The Hall–Kier alpha value is -3.46. The van der Waals surface area contributed by atoms with Crippen molar-refractivity contribution >= 4 is 34.5 Å². The fourth-order valence-electron chi connectivity index (χ4n) is 5.24. The van der Waals surface area contributed by atoms with E-state index in [2.05, 4.69) is 63.0 Å². The molecule has 2 aromatic heterocycles. The first-order valence-corrected chi connectivity index (χ1v) is 14.3. The number of nitrogens with one attached hydrogen (secondary N) is 1. The molecule has 1 aromatic carbocycles. The highest BCUT2D eigenvalue weighted by atomic mass is 16.2. The molecule has 210 valence electrons. The zero-order chi connectivity index (χ0) is 27.8. The van der Waals surface area contributed by atoms with Crippen LogP contribution in [0.2, 0.25) is 0 Å². The van der Waals surface area contributed by atoms with E-state index in [4.69, 9.17) is 5.73 Å². The third-order valence-electron chi connectivity index (χ3n) is 7.50. The molecule has 1 amide bonds. The van der Waals surface area contributed by atoms with Crippen molar-refractivity contribution in [3.05, 3.63) is 47.2 Å². The number of aryl methyl sites for hydroxylation is 1. The summed E-state index contributed by atoms with van der Waals surface area (Å²) >= 11 is 0. The standard InChI is InChI=1S/C30H43N7O2/c1-4-5-6-13-32-29-28-26(33-30(31)34-29)12-14-37(28)21-25-11-10-24(19-22(25)2)20-35-15-17-36(18-16-35)27(39)9-7-8-23(3)38/h10-12,14,19H,4-9,13,15-18,20-21H2,1-3H3,(H3,31,32,33,34). The molecule has 3 N–H and O–H groups in total. The highest BCUT2D eigenvalue weighted by Gasteiger charge is 2.21. The maximum Gasteiger partial charge on any atom is 0.222 e. The lowest BCUT2D eigenvalue weighted by Gasteiger charge is -2.35. The van der Waals surface area contributed by atoms with E-state index in [1.54, 1.807) is 6.92 Å². The van der Waals surface area contributed by atoms with E-state index in [9.17, 15) is 9.59 Å². The van der Waals surface area contributed by atoms with Crippen molar-refractivity contribution in [1.82, 2.24) is 24.3 Å². The Kier molecular flexibility index (Phi) is 9.92. The number of carbonyl (C=O) groups is 2. The van der Waals surface area contributed by atoms with E-state index >= 15 is 0 Å². The van der Waals surface area contributed by atoms with Crippen LogP contribution in [0, 0.1) is 6.92 Å². The normalized spacial score (nSPS) is 14.2. The van der Waals surface area contributed by atoms with Gasteiger partial charge >= 0.3 is 0 Å². The molecule has 0 aliphatic carbocycles. The van der Waals surface area contributed by atoms with Crippen molar-refractivity contribution in [2.24, 2.45) is 0 Å². The molecule has 3 heterocycles. The molecule has 1 aliphatic rings. The number of nitrogens with zero attached hydrogens (tertiary/aromatic N) is 5. The van der Waals surface area contributed by atoms with E-state index in [0.29, 0.717) is 19.3 Å². The molecule has 1 aliphatic heterocycles. The smallest absolute Gasteiger partial charge is 0.222 e. The second kappa shape index (κ2) is 13.6. The van der Waals surface area contributed by atoms with Crippen molar-refractivity contribution in [3.63, 3.8) is 0 Å². The zero-order valence-corrected chi connectivity index (χ0v) is 23.7. The molecule has 0 unspecified atom stereocenters. The molecule has 0 atom stereocenters. The highest BCUT2D eigenvalue weighted by Crippen LogP contribution is 2.25. The minimum absolute atomic E-state index is 0.148. The molecule has 3 aromatic rings. The van der Waals surface area contributed by atoms with E-state index in [1.165, 1.54) is 29.5 Å². The van der Waals surface area contributed by atoms with Gasteiger partial charge in [0.25, 0.3) is 0 Å². The van der Waals surface area contributed by atoms with Gasteiger partial charge < -0.3 is 25.3 Å². The van der Waals surface area contributed by atoms with Crippen LogP contribution in [0.4, 0.5) is 11.8 Å². The van der Waals surface area contributed by atoms with Gasteiger partial charge in [0.15, 0.2) is 5.82 Å². The predicted octanol–water partition coefficient (Wildman–Crippen LogP) is 4.38. The number of benzene rings is 1. The first-order valence-electron chi connectivity index (χ1n) is 14.3. The van der Waals surface area contributed by atoms with Crippen molar-refractivity contribution in [1.29, 1.82) is 0 Å². The van der Waals surface area contributed by atoms with Crippen molar-refractivity contribution in [2.75, 3.05) is 43.8 Å². The Bertz CT molecular complexity index is 1280. The van der Waals surface area contributed by atoms with Crippen LogP contribution >= 0.6 is 0 Å². The Morgan fingerprint density at radius 1 is 1.00 bits per heavy atom. The largest absolute Gasteiger partial charge is 0.368 e. The number of unbranched alkanes of at least 4 members (excludes halogenated alkanes) is 2. The van der Waals surface area contributed by atoms with Gasteiger partial charge in [-0.2, -0.15) is 4.98 Å². The van der Waals surface area contributed by atoms with Gasteiger partial charge in [0, 0.05) is 64.9 Å². The third kappa shape index (κ3) is 7.79. The number of hydrogen-bond acceptors (Lipinski definition) is 7. The van der Waals surface area contributed by atoms with Crippen LogP contribution in [0.3, 0.4) is 0 Å². The van der Waals surface area contributed by atoms with Crippen LogP contribution in [0.15, 0.2) is 30.5 Å². The average molecular weight is 534 g/mol. The lowest BCUT2D eigenvalue weighted by molar-refractivity contribution is -0.133. The number of piperazine rings is 1. The molecule has 9 heteroatoms. The second-order valence-corrected chi connectivity index (χ2v) is 10.7. The predicted molar refractivity (Wildman–Crippen MR) is 157 cm³/mol. The summed E-state index contributed by atoms with van der Waals surface area (Å²) in [6.45, 7) is 11.6. The van der Waals surface area contributed by atoms with Crippen LogP contribution in [-0.4, -0.2) is 68.7 Å². The van der Waals surface area contributed by atoms with Crippen molar-refractivity contribution in [3.8, 4) is 0 Å². The van der Waals surface area contributed by atoms with E-state index < -0.39 is 0 Å². The van der Waals surface area contributed by atoms with Crippen molar-refractivity contribution in [2.45, 2.75) is 72.4 Å². The average Bonchev–Trinajstić information content (AvgIpc) is 3.30. The SMILES string of the molecule is CCCCCNc1nc(N)nc2ccn(Cc3ccc(CN4CCN(C(=O)CCCC(C)=O)CC4)cc3C)c12. The summed E-state index contributed by atoms with van der Waals surface area (Å²) in [5.74, 6) is 1.40. The van der Waals surface area contributed by atoms with Crippen LogP contribution in [0.1, 0.15) is 69.1 Å². The first-order chi connectivity index (χ1) is 18.8. The van der Waals surface area contributed by atoms with Gasteiger partial charge in [0.1, 0.15) is 11.3 Å². The van der Waals surface area contributed by atoms with E-state index in [0.717, 1.165) is 69.1 Å². The van der Waals surface area contributed by atoms with Gasteiger partial charge in [-0.15, -0.1) is 0 Å². The van der Waals surface area contributed by atoms with Gasteiger partial charge in [0.05, 0.1) is 5.52 Å². The number of anilines is 2. The van der Waals surface area contributed by atoms with Crippen LogP contribution in [0.25, 0.3) is 11.0 Å². The summed E-state index contributed by atoms with van der Waals surface area (Å²) in [7, 11) is 0. The summed E-state index contributed by atoms with van der Waals surface area (Å²) < 4.78 is 2.20. The quantitative estimate of drug-likeness (QED) is 0.314. The van der Waals surface area contributed by atoms with Gasteiger partial charge in [-0.1, -0.05) is 38.0 Å². The number of hydrogen-bond donors (Lipinski definition) is 2. The number of fused-ring (bicyclic) bond motifs is 1. The number of Topliss-reactive ketones (excluding diaryl/α,β-unsaturated/α-hetero) is 1. The number of nitrogen functional groups attached to an aromatic ring is 1. The Morgan fingerprint density at radius 3 is 2.51 bits per heavy atom. The molecule has 9 nitrogen and oxygen atoms in total. The summed E-state index contributed by atoms with van der Waals surface area (Å²) in [5, 5.41) is 3.47. The summed E-state index contributed by atoms with van der Waals surface area (Å²) in [4.78, 5) is 36.9. The summed E-state index contributed by atoms with van der Waals surface area (Å²) in [6, 6.07) is 8.71. The van der Waals surface area contributed by atoms with Gasteiger partial charge in [-0.3, -0.25) is 9.69 Å². The lowest BCUT2D eigenvalue weighted by Crippen LogP contribution is -2.48. The Labute approximate surface area is 231 Å². The topological polar surface area (TPSA) is 109 Å². The van der Waals surface area contributed by atoms with Crippen LogP contribution < -0.4 is 11.1 Å². The molecular formula is C30H43N7O2. The molecule has 39 heavy (non-hydrogen) atoms. The molecule has 4 rings (SSSR count). The summed E-state index contributed by atoms with van der Waals surface area (Å²) in [6.07, 6.45) is 7.11. The molecule has 1 fully saturated rings. The minimum atomic E-state index is 0.148. The number of aromatic nitrogens is 3. The van der Waals surface area contributed by atoms with E-state index in [-0.39, 0.29) is 17.6 Å². The molecule has 1 saturated heterocycles. The maximum absolute atomic E-state index is 12.4. The first kappa shape index (κ1) is 28.5. The van der Waals surface area contributed by atoms with Gasteiger partial charge in [0.2, 0.25) is 11.9 Å². The molecule has 0 bridgehead atoms. The van der Waals surface area contributed by atoms with Crippen LogP contribution in [0.5, 0.6) is 0 Å². The third-order valence-corrected chi connectivity index (χ3v) is 7.50. The lowest BCUT2D eigenvalue weighted by atomic mass is 10.0. The molecule has 0 saturated carbocycles. The second-order valence-electron chi connectivity index (χ2n) is 10.7. The molecule has 0 spiro atoms. The Balaban J connectivity index is 1.35. The fraction of sp³-hybridized carbons (Fsp3) is 0.533. The number of rotatable bonds is 13. The van der Waals surface area contributed by atoms with E-state index in [1.807, 2.05) is 11.0 Å². The van der Waals surface area contributed by atoms with Gasteiger partial charge in [-0.05, 0) is 49.4 Å². The minimum Gasteiger partial charge on any atom is -0.368 e. The number of ketones is 1. The van der Waals surface area contributed by atoms with Crippen LogP contribution in [-0.2, 0) is 22.7 Å². The number of carbonyl (C=O) groups excluding carboxylic acids is 2. The number of nitrogens with two attached hydrogens (primary N) is 1.